The van der Waals surface area contributed by atoms with Crippen LogP contribution in [-0.4, -0.2) is 18.5 Å². The van der Waals surface area contributed by atoms with Crippen molar-refractivity contribution in [3.63, 3.8) is 0 Å². The highest BCUT2D eigenvalue weighted by Gasteiger charge is 2.25. The lowest BCUT2D eigenvalue weighted by Gasteiger charge is -2.30. The zero-order chi connectivity index (χ0) is 13.1. The molecule has 0 aliphatic heterocycles. The number of benzene rings is 1. The van der Waals surface area contributed by atoms with Gasteiger partial charge in [0.05, 0.1) is 5.56 Å². The van der Waals surface area contributed by atoms with E-state index in [0.717, 1.165) is 0 Å². The van der Waals surface area contributed by atoms with Crippen LogP contribution >= 0.6 is 0 Å². The number of rotatable bonds is 3. The lowest BCUT2D eigenvalue weighted by Crippen LogP contribution is -2.48. The second kappa shape index (κ2) is 5.27. The number of nitrogens with one attached hydrogen (secondary N) is 1. The van der Waals surface area contributed by atoms with E-state index in [4.69, 9.17) is 5.73 Å². The zero-order valence-corrected chi connectivity index (χ0v) is 10.5. The Hall–Kier alpha value is -1.42. The molecule has 1 aromatic rings. The zero-order valence-electron chi connectivity index (χ0n) is 10.5. The molecule has 1 amide bonds. The Bertz CT molecular complexity index is 399. The van der Waals surface area contributed by atoms with Crippen LogP contribution in [0.5, 0.6) is 0 Å². The topological polar surface area (TPSA) is 55.1 Å². The molecule has 1 rings (SSSR count). The molecule has 4 heteroatoms. The first-order chi connectivity index (χ1) is 7.86. The fourth-order valence-corrected chi connectivity index (χ4v) is 1.51. The van der Waals surface area contributed by atoms with E-state index in [9.17, 15) is 9.18 Å². The first-order valence-corrected chi connectivity index (χ1v) is 5.61. The molecule has 0 aliphatic rings. The van der Waals surface area contributed by atoms with Crippen LogP contribution in [0.3, 0.4) is 0 Å². The average molecular weight is 238 g/mol. The summed E-state index contributed by atoms with van der Waals surface area (Å²) in [6.07, 6.45) is 0. The molecule has 1 atom stereocenters. The van der Waals surface area contributed by atoms with Gasteiger partial charge in [-0.3, -0.25) is 4.79 Å². The molecule has 0 aliphatic carbocycles. The second-order valence-corrected chi connectivity index (χ2v) is 5.11. The average Bonchev–Trinajstić information content (AvgIpc) is 2.24. The van der Waals surface area contributed by atoms with Gasteiger partial charge in [0.1, 0.15) is 5.82 Å². The summed E-state index contributed by atoms with van der Waals surface area (Å²) in [6.45, 7) is 6.26. The van der Waals surface area contributed by atoms with Gasteiger partial charge in [0.15, 0.2) is 0 Å². The van der Waals surface area contributed by atoms with Crippen LogP contribution in [0, 0.1) is 11.2 Å². The Morgan fingerprint density at radius 3 is 2.47 bits per heavy atom. The summed E-state index contributed by atoms with van der Waals surface area (Å²) in [5.41, 5.74) is 5.51. The quantitative estimate of drug-likeness (QED) is 0.845. The maximum atomic E-state index is 13.4. The minimum atomic E-state index is -0.519. The van der Waals surface area contributed by atoms with Crippen LogP contribution < -0.4 is 11.1 Å². The van der Waals surface area contributed by atoms with Gasteiger partial charge in [-0.25, -0.2) is 4.39 Å². The Labute approximate surface area is 101 Å². The summed E-state index contributed by atoms with van der Waals surface area (Å²) in [6, 6.07) is 5.72. The van der Waals surface area contributed by atoms with Gasteiger partial charge >= 0.3 is 0 Å². The van der Waals surface area contributed by atoms with Gasteiger partial charge in [0.2, 0.25) is 0 Å². The van der Waals surface area contributed by atoms with Crippen molar-refractivity contribution in [2.45, 2.75) is 26.8 Å². The molecule has 0 spiro atoms. The molecule has 0 aromatic heterocycles. The van der Waals surface area contributed by atoms with Crippen LogP contribution in [-0.2, 0) is 0 Å². The molecule has 0 saturated carbocycles. The molecule has 94 valence electrons. The van der Waals surface area contributed by atoms with Crippen molar-refractivity contribution in [3.8, 4) is 0 Å². The SMILES string of the molecule is CC(C)(C)C(CN)NC(=O)c1ccccc1F. The van der Waals surface area contributed by atoms with Crippen molar-refractivity contribution < 1.29 is 9.18 Å². The van der Waals surface area contributed by atoms with E-state index in [1.54, 1.807) is 12.1 Å². The standard InChI is InChI=1S/C13H19FN2O/c1-13(2,3)11(8-15)16-12(17)9-6-4-5-7-10(9)14/h4-7,11H,8,15H2,1-3H3,(H,16,17). The van der Waals surface area contributed by atoms with E-state index < -0.39 is 11.7 Å². The Balaban J connectivity index is 2.83. The maximum Gasteiger partial charge on any atom is 0.254 e. The molecule has 3 N–H and O–H groups in total. The molecule has 17 heavy (non-hydrogen) atoms. The molecule has 0 heterocycles. The van der Waals surface area contributed by atoms with Gasteiger partial charge < -0.3 is 11.1 Å². The molecule has 3 nitrogen and oxygen atoms in total. The minimum Gasteiger partial charge on any atom is -0.347 e. The first-order valence-electron chi connectivity index (χ1n) is 5.61. The van der Waals surface area contributed by atoms with Crippen molar-refractivity contribution in [2.75, 3.05) is 6.54 Å². The first kappa shape index (κ1) is 13.6. The highest BCUT2D eigenvalue weighted by molar-refractivity contribution is 5.94. The highest BCUT2D eigenvalue weighted by atomic mass is 19.1. The van der Waals surface area contributed by atoms with Crippen molar-refractivity contribution in [3.05, 3.63) is 35.6 Å². The summed E-state index contributed by atoms with van der Waals surface area (Å²) in [5.74, 6) is -0.942. The third kappa shape index (κ3) is 3.53. The van der Waals surface area contributed by atoms with Crippen LogP contribution in [0.15, 0.2) is 24.3 Å². The van der Waals surface area contributed by atoms with E-state index >= 15 is 0 Å². The van der Waals surface area contributed by atoms with E-state index in [1.165, 1.54) is 12.1 Å². The fraction of sp³-hybridized carbons (Fsp3) is 0.462. The van der Waals surface area contributed by atoms with Gasteiger partial charge in [0.25, 0.3) is 5.91 Å². The number of nitrogens with two attached hydrogens (primary N) is 1. The van der Waals surface area contributed by atoms with Gasteiger partial charge in [0, 0.05) is 12.6 Å². The smallest absolute Gasteiger partial charge is 0.254 e. The van der Waals surface area contributed by atoms with E-state index in [0.29, 0.717) is 6.54 Å². The maximum absolute atomic E-state index is 13.4. The number of halogens is 1. The summed E-state index contributed by atoms with van der Waals surface area (Å²) >= 11 is 0. The van der Waals surface area contributed by atoms with Gasteiger partial charge in [-0.05, 0) is 17.5 Å². The van der Waals surface area contributed by atoms with Gasteiger partial charge in [-0.15, -0.1) is 0 Å². The third-order valence-corrected chi connectivity index (χ3v) is 2.70. The third-order valence-electron chi connectivity index (χ3n) is 2.70. The lowest BCUT2D eigenvalue weighted by molar-refractivity contribution is 0.0901. The Kier molecular flexibility index (Phi) is 4.23. The minimum absolute atomic E-state index is 0.0511. The van der Waals surface area contributed by atoms with E-state index in [-0.39, 0.29) is 17.0 Å². The van der Waals surface area contributed by atoms with Crippen molar-refractivity contribution in [2.24, 2.45) is 11.1 Å². The summed E-state index contributed by atoms with van der Waals surface area (Å²) in [7, 11) is 0. The summed E-state index contributed by atoms with van der Waals surface area (Å²) in [5, 5.41) is 2.76. The molecule has 0 fully saturated rings. The molecular formula is C13H19FN2O. The van der Waals surface area contributed by atoms with E-state index in [2.05, 4.69) is 5.32 Å². The van der Waals surface area contributed by atoms with Gasteiger partial charge in [-0.1, -0.05) is 32.9 Å². The molecule has 1 unspecified atom stereocenters. The van der Waals surface area contributed by atoms with Crippen molar-refractivity contribution >= 4 is 5.91 Å². The van der Waals surface area contributed by atoms with Crippen LogP contribution in [0.2, 0.25) is 0 Å². The fourth-order valence-electron chi connectivity index (χ4n) is 1.51. The number of carbonyl (C=O) groups is 1. The largest absolute Gasteiger partial charge is 0.347 e. The second-order valence-electron chi connectivity index (χ2n) is 5.11. The number of hydrogen-bond donors (Lipinski definition) is 2. The van der Waals surface area contributed by atoms with Crippen LogP contribution in [0.4, 0.5) is 4.39 Å². The Morgan fingerprint density at radius 1 is 1.41 bits per heavy atom. The molecule has 0 radical (unpaired) electrons. The Morgan fingerprint density at radius 2 is 2.00 bits per heavy atom. The number of carbonyl (C=O) groups excluding carboxylic acids is 1. The molecular weight excluding hydrogens is 219 g/mol. The normalized spacial score (nSPS) is 13.2. The van der Waals surface area contributed by atoms with E-state index in [1.807, 2.05) is 20.8 Å². The number of amides is 1. The van der Waals surface area contributed by atoms with Gasteiger partial charge in [-0.2, -0.15) is 0 Å². The van der Waals surface area contributed by atoms with Crippen molar-refractivity contribution in [1.82, 2.24) is 5.32 Å². The predicted octanol–water partition coefficient (Wildman–Crippen LogP) is 1.93. The monoisotopic (exact) mass is 238 g/mol. The highest BCUT2D eigenvalue weighted by Crippen LogP contribution is 2.19. The summed E-state index contributed by atoms with van der Waals surface area (Å²) < 4.78 is 13.4. The molecule has 1 aromatic carbocycles. The molecule has 0 saturated heterocycles. The summed E-state index contributed by atoms with van der Waals surface area (Å²) in [4.78, 5) is 11.9. The number of hydrogen-bond acceptors (Lipinski definition) is 2. The predicted molar refractivity (Wildman–Crippen MR) is 66.2 cm³/mol. The lowest BCUT2D eigenvalue weighted by atomic mass is 9.86. The van der Waals surface area contributed by atoms with Crippen LogP contribution in [0.1, 0.15) is 31.1 Å². The molecule has 0 bridgehead atoms. The van der Waals surface area contributed by atoms with Crippen molar-refractivity contribution in [1.29, 1.82) is 0 Å². The van der Waals surface area contributed by atoms with Crippen LogP contribution in [0.25, 0.3) is 0 Å².